The van der Waals surface area contributed by atoms with Crippen molar-refractivity contribution in [3.8, 4) is 6.01 Å². The van der Waals surface area contributed by atoms with Crippen molar-refractivity contribution in [3.63, 3.8) is 0 Å². The Morgan fingerprint density at radius 3 is 2.68 bits per heavy atom. The van der Waals surface area contributed by atoms with Crippen LogP contribution in [0.2, 0.25) is 0 Å². The van der Waals surface area contributed by atoms with Crippen LogP contribution in [0, 0.1) is 13.5 Å². The quantitative estimate of drug-likeness (QED) is 0.260. The van der Waals surface area contributed by atoms with Crippen LogP contribution in [0.5, 0.6) is 6.01 Å². The molecule has 44 heavy (non-hydrogen) atoms. The smallest absolute Gasteiger partial charge is 0.318 e. The van der Waals surface area contributed by atoms with E-state index in [1.807, 2.05) is 6.92 Å². The first-order valence-electron chi connectivity index (χ1n) is 15.5. The highest BCUT2D eigenvalue weighted by Crippen LogP contribution is 2.36. The van der Waals surface area contributed by atoms with Gasteiger partial charge in [0.25, 0.3) is 5.91 Å². The second-order valence-electron chi connectivity index (χ2n) is 12.3. The summed E-state index contributed by atoms with van der Waals surface area (Å²) in [7, 11) is 2.13. The van der Waals surface area contributed by atoms with Crippen LogP contribution >= 0.6 is 0 Å². The van der Waals surface area contributed by atoms with E-state index < -0.39 is 17.8 Å². The Balaban J connectivity index is 1.33. The average Bonchev–Trinajstić information content (AvgIpc) is 3.86. The molecule has 9 nitrogen and oxygen atoms in total. The molecule has 2 fully saturated rings. The molecule has 1 amide bonds. The largest absolute Gasteiger partial charge is 0.459 e. The highest BCUT2D eigenvalue weighted by molar-refractivity contribution is 5.97. The second kappa shape index (κ2) is 12.4. The van der Waals surface area contributed by atoms with Gasteiger partial charge in [-0.1, -0.05) is 36.9 Å². The number of halogens is 1. The maximum absolute atomic E-state index is 13.8. The predicted octanol–water partition coefficient (Wildman–Crippen LogP) is 4.78. The fourth-order valence-electron chi connectivity index (χ4n) is 6.70. The van der Waals surface area contributed by atoms with Crippen molar-refractivity contribution in [1.29, 1.82) is 0 Å². The average molecular weight is 598 g/mol. The Hall–Kier alpha value is -4.23. The molecule has 0 bridgehead atoms. The molecular formula is C34H40FN7O2. The van der Waals surface area contributed by atoms with Gasteiger partial charge in [0.1, 0.15) is 18.0 Å². The highest BCUT2D eigenvalue weighted by Gasteiger charge is 2.36. The number of likely N-dealkylation sites (N-methyl/N-ethyl adjacent to an activating group) is 1. The van der Waals surface area contributed by atoms with Crippen molar-refractivity contribution in [2.75, 3.05) is 56.1 Å². The van der Waals surface area contributed by atoms with E-state index in [2.05, 4.69) is 76.5 Å². The summed E-state index contributed by atoms with van der Waals surface area (Å²) in [5.74, 6) is -0.971. The number of aromatic nitrogens is 2. The number of anilines is 2. The molecule has 2 aliphatic heterocycles. The van der Waals surface area contributed by atoms with Crippen LogP contribution in [0.25, 0.3) is 15.6 Å². The molecule has 0 spiro atoms. The number of piperazine rings is 1. The Labute approximate surface area is 258 Å². The van der Waals surface area contributed by atoms with Gasteiger partial charge in [-0.3, -0.25) is 9.69 Å². The van der Waals surface area contributed by atoms with Crippen LogP contribution in [-0.2, 0) is 17.8 Å². The van der Waals surface area contributed by atoms with Crippen LogP contribution < -0.4 is 14.5 Å². The number of carbonyl (C=O) groups excluding carboxylic acids is 1. The standard InChI is InChI=1S/C34H40FN7O2/c1-22-8-6-9-25-10-7-11-30(31(22)25)40-15-14-28-29(21-40)37-34(44-23(2)19-39(5)26-12-13-26)38-32(28)41-16-17-42(33(43)24(3)35)27(20-41)18-36-4/h6-11,23,26-27H,3,12-21H2,1-2,5H3/t23-,27-/m0/s1. The van der Waals surface area contributed by atoms with Gasteiger partial charge in [0.2, 0.25) is 6.54 Å². The minimum absolute atomic E-state index is 0.0743. The monoisotopic (exact) mass is 597 g/mol. The summed E-state index contributed by atoms with van der Waals surface area (Å²) in [4.78, 5) is 34.3. The maximum Gasteiger partial charge on any atom is 0.318 e. The SMILES string of the molecule is [C-]#[N+]C[C@H]1CN(c2nc(O[C@@H](C)CN(C)C3CC3)nc3c2CCN(c2cccc4cccc(C)c24)C3)CCN1C(=O)C(=C)F. The number of amides is 1. The Morgan fingerprint density at radius 1 is 1.18 bits per heavy atom. The van der Waals surface area contributed by atoms with E-state index in [1.165, 1.54) is 39.8 Å². The number of fused-ring (bicyclic) bond motifs is 2. The van der Waals surface area contributed by atoms with Crippen molar-refractivity contribution in [2.45, 2.75) is 57.8 Å². The number of hydrogen-bond donors (Lipinski definition) is 0. The zero-order chi connectivity index (χ0) is 31.0. The molecule has 6 rings (SSSR count). The first kappa shape index (κ1) is 29.8. The van der Waals surface area contributed by atoms with Gasteiger partial charge in [-0.25, -0.2) is 11.0 Å². The van der Waals surface area contributed by atoms with Gasteiger partial charge >= 0.3 is 6.01 Å². The predicted molar refractivity (Wildman–Crippen MR) is 171 cm³/mol. The van der Waals surface area contributed by atoms with E-state index in [9.17, 15) is 9.18 Å². The number of nitrogens with zero attached hydrogens (tertiary/aromatic N) is 7. The van der Waals surface area contributed by atoms with Gasteiger partial charge < -0.3 is 24.3 Å². The first-order chi connectivity index (χ1) is 21.2. The topological polar surface area (TPSA) is 69.4 Å². The third-order valence-electron chi connectivity index (χ3n) is 9.05. The van der Waals surface area contributed by atoms with Crippen LogP contribution in [0.15, 0.2) is 48.8 Å². The lowest BCUT2D eigenvalue weighted by Gasteiger charge is -2.41. The number of ether oxygens (including phenoxy) is 1. The van der Waals surface area contributed by atoms with Gasteiger partial charge in [0, 0.05) is 55.4 Å². The second-order valence-corrected chi connectivity index (χ2v) is 12.3. The zero-order valence-electron chi connectivity index (χ0n) is 25.8. The summed E-state index contributed by atoms with van der Waals surface area (Å²) in [5.41, 5.74) is 4.40. The molecule has 10 heteroatoms. The van der Waals surface area contributed by atoms with E-state index in [4.69, 9.17) is 21.3 Å². The molecule has 3 heterocycles. The van der Waals surface area contributed by atoms with Crippen molar-refractivity contribution in [2.24, 2.45) is 0 Å². The summed E-state index contributed by atoms with van der Waals surface area (Å²) in [6.07, 6.45) is 3.08. The third kappa shape index (κ3) is 6.06. The molecule has 1 saturated heterocycles. The van der Waals surface area contributed by atoms with Crippen molar-refractivity contribution >= 4 is 28.2 Å². The normalized spacial score (nSPS) is 19.1. The summed E-state index contributed by atoms with van der Waals surface area (Å²) in [5, 5.41) is 2.46. The summed E-state index contributed by atoms with van der Waals surface area (Å²) < 4.78 is 20.2. The summed E-state index contributed by atoms with van der Waals surface area (Å²) >= 11 is 0. The minimum Gasteiger partial charge on any atom is -0.459 e. The lowest BCUT2D eigenvalue weighted by atomic mass is 9.99. The summed E-state index contributed by atoms with van der Waals surface area (Å²) in [6.45, 7) is 18.2. The van der Waals surface area contributed by atoms with Gasteiger partial charge in [-0.2, -0.15) is 9.97 Å². The minimum atomic E-state index is -1.00. The molecule has 230 valence electrons. The van der Waals surface area contributed by atoms with E-state index in [0.717, 1.165) is 36.6 Å². The van der Waals surface area contributed by atoms with E-state index in [1.54, 1.807) is 0 Å². The maximum atomic E-state index is 13.8. The Morgan fingerprint density at radius 2 is 1.95 bits per heavy atom. The number of aryl methyl sites for hydroxylation is 1. The lowest BCUT2D eigenvalue weighted by molar-refractivity contribution is -0.131. The molecule has 1 saturated carbocycles. The number of hydrogen-bond acceptors (Lipinski definition) is 7. The lowest BCUT2D eigenvalue weighted by Crippen LogP contribution is -2.57. The van der Waals surface area contributed by atoms with E-state index in [-0.39, 0.29) is 19.2 Å². The van der Waals surface area contributed by atoms with Crippen LogP contribution in [-0.4, -0.2) is 90.2 Å². The Kier molecular flexibility index (Phi) is 8.41. The molecule has 0 radical (unpaired) electrons. The fraction of sp³-hybridized carbons (Fsp3) is 0.471. The van der Waals surface area contributed by atoms with Crippen LogP contribution in [0.1, 0.15) is 36.6 Å². The molecule has 0 N–H and O–H groups in total. The van der Waals surface area contributed by atoms with Gasteiger partial charge in [0.05, 0.1) is 12.2 Å². The van der Waals surface area contributed by atoms with Crippen molar-refractivity contribution in [3.05, 3.63) is 77.0 Å². The van der Waals surface area contributed by atoms with Gasteiger partial charge in [0.15, 0.2) is 5.83 Å². The van der Waals surface area contributed by atoms with E-state index in [0.29, 0.717) is 31.7 Å². The molecule has 0 unspecified atom stereocenters. The molecule has 3 aliphatic rings. The Bertz CT molecular complexity index is 1610. The molecule has 3 aromatic rings. The highest BCUT2D eigenvalue weighted by atomic mass is 19.1. The van der Waals surface area contributed by atoms with Crippen molar-refractivity contribution in [1.82, 2.24) is 19.8 Å². The summed E-state index contributed by atoms with van der Waals surface area (Å²) in [6, 6.07) is 13.3. The van der Waals surface area contributed by atoms with Gasteiger partial charge in [-0.15, -0.1) is 0 Å². The fourth-order valence-corrected chi connectivity index (χ4v) is 6.70. The molecular weight excluding hydrogens is 557 g/mol. The van der Waals surface area contributed by atoms with Crippen LogP contribution in [0.3, 0.4) is 0 Å². The van der Waals surface area contributed by atoms with Crippen LogP contribution in [0.4, 0.5) is 15.9 Å². The molecule has 1 aromatic heterocycles. The molecule has 2 atom stereocenters. The zero-order valence-corrected chi connectivity index (χ0v) is 25.8. The van der Waals surface area contributed by atoms with Gasteiger partial charge in [-0.05, 0) is 57.2 Å². The van der Waals surface area contributed by atoms with Crippen molar-refractivity contribution < 1.29 is 13.9 Å². The molecule has 1 aliphatic carbocycles. The number of carbonyl (C=O) groups is 1. The first-order valence-corrected chi connectivity index (χ1v) is 15.5. The number of rotatable bonds is 9. The van der Waals surface area contributed by atoms with E-state index >= 15 is 0 Å². The molecule has 2 aromatic carbocycles. The number of benzene rings is 2. The third-order valence-corrected chi connectivity index (χ3v) is 9.05.